The molecule has 0 fully saturated rings. The van der Waals surface area contributed by atoms with Gasteiger partial charge in [0, 0.05) is 17.2 Å². The van der Waals surface area contributed by atoms with Gasteiger partial charge in [0.05, 0.1) is 11.1 Å². The highest BCUT2D eigenvalue weighted by molar-refractivity contribution is 6.03. The predicted molar refractivity (Wildman–Crippen MR) is 144 cm³/mol. The lowest BCUT2D eigenvalue weighted by Gasteiger charge is -2.16. The van der Waals surface area contributed by atoms with Crippen molar-refractivity contribution >= 4 is 35.2 Å². The lowest BCUT2D eigenvalue weighted by atomic mass is 10.00. The summed E-state index contributed by atoms with van der Waals surface area (Å²) >= 11 is 0. The molecule has 0 spiro atoms. The number of halogens is 8. The van der Waals surface area contributed by atoms with Crippen molar-refractivity contribution in [3.63, 3.8) is 0 Å². The maximum absolute atomic E-state index is 14.9. The zero-order valence-electron chi connectivity index (χ0n) is 22.7. The van der Waals surface area contributed by atoms with Gasteiger partial charge < -0.3 is 15.4 Å². The summed E-state index contributed by atoms with van der Waals surface area (Å²) in [6.45, 7) is 9.07. The number of benzene rings is 3. The highest BCUT2D eigenvalue weighted by Gasteiger charge is 2.35. The van der Waals surface area contributed by atoms with E-state index in [1.54, 1.807) is 5.32 Å². The van der Waals surface area contributed by atoms with E-state index < -0.39 is 86.8 Å². The fraction of sp³-hybridized carbons (Fsp3) is 0.100. The lowest BCUT2D eigenvalue weighted by Crippen LogP contribution is -2.18. The minimum absolute atomic E-state index is 0.0787. The first-order valence-corrected chi connectivity index (χ1v) is 12.2. The Bertz CT molecular complexity index is 1690. The smallest absolute Gasteiger partial charge is 0.333 e. The normalized spacial score (nSPS) is 11.0. The molecule has 0 saturated carbocycles. The summed E-state index contributed by atoms with van der Waals surface area (Å²) < 4.78 is 123. The summed E-state index contributed by atoms with van der Waals surface area (Å²) in [7, 11) is 0. The first-order valence-electron chi connectivity index (χ1n) is 12.2. The van der Waals surface area contributed by atoms with Crippen LogP contribution in [0, 0.1) is 46.5 Å². The van der Waals surface area contributed by atoms with E-state index in [0.29, 0.717) is 11.1 Å². The Labute approximate surface area is 244 Å². The average Bonchev–Trinajstić information content (AvgIpc) is 2.99. The molecule has 0 aromatic heterocycles. The van der Waals surface area contributed by atoms with Crippen molar-refractivity contribution in [3.8, 4) is 11.1 Å². The van der Waals surface area contributed by atoms with Crippen LogP contribution in [0.2, 0.25) is 0 Å². The fourth-order valence-corrected chi connectivity index (χ4v) is 3.48. The van der Waals surface area contributed by atoms with E-state index in [1.807, 2.05) is 0 Å². The van der Waals surface area contributed by atoms with Crippen LogP contribution in [0.3, 0.4) is 0 Å². The molecule has 44 heavy (non-hydrogen) atoms. The van der Waals surface area contributed by atoms with Gasteiger partial charge in [-0.15, -0.1) is 0 Å². The van der Waals surface area contributed by atoms with E-state index in [2.05, 4.69) is 13.2 Å². The van der Waals surface area contributed by atoms with Crippen LogP contribution in [-0.2, 0) is 25.7 Å². The van der Waals surface area contributed by atoms with Crippen molar-refractivity contribution in [1.29, 1.82) is 0 Å². The van der Waals surface area contributed by atoms with Crippen LogP contribution in [0.25, 0.3) is 17.2 Å². The van der Waals surface area contributed by atoms with Gasteiger partial charge in [-0.3, -0.25) is 9.59 Å². The van der Waals surface area contributed by atoms with E-state index in [9.17, 15) is 49.5 Å². The number of rotatable bonds is 9. The Morgan fingerprint density at radius 3 is 1.52 bits per heavy atom. The molecular formula is C30H20F8N2O4. The van der Waals surface area contributed by atoms with Crippen LogP contribution in [0.15, 0.2) is 54.6 Å². The molecule has 3 rings (SSSR count). The number of ether oxygens (including phenoxy) is 1. The van der Waals surface area contributed by atoms with Crippen molar-refractivity contribution < 1.29 is 54.2 Å². The molecule has 0 atom stereocenters. The molecule has 6 nitrogen and oxygen atoms in total. The number of hydrogen-bond donors (Lipinski definition) is 2. The molecule has 0 saturated heterocycles. The third-order valence-electron chi connectivity index (χ3n) is 5.78. The van der Waals surface area contributed by atoms with Gasteiger partial charge in [0.1, 0.15) is 18.0 Å². The maximum atomic E-state index is 14.9. The van der Waals surface area contributed by atoms with Gasteiger partial charge in [-0.1, -0.05) is 37.4 Å². The summed E-state index contributed by atoms with van der Waals surface area (Å²) in [6.07, 6.45) is 1.86. The second-order valence-corrected chi connectivity index (χ2v) is 9.17. The molecule has 0 radical (unpaired) electrons. The van der Waals surface area contributed by atoms with Crippen molar-refractivity contribution in [2.45, 2.75) is 20.5 Å². The Hall–Kier alpha value is -5.27. The molecule has 14 heteroatoms. The van der Waals surface area contributed by atoms with Gasteiger partial charge in [-0.25, -0.2) is 39.9 Å². The van der Waals surface area contributed by atoms with E-state index in [0.717, 1.165) is 19.1 Å². The van der Waals surface area contributed by atoms with Gasteiger partial charge in [-0.2, -0.15) is 0 Å². The summed E-state index contributed by atoms with van der Waals surface area (Å²) in [6, 6.07) is 5.99. The summed E-state index contributed by atoms with van der Waals surface area (Å²) in [5, 5.41) is 3.03. The average molecular weight is 624 g/mol. The van der Waals surface area contributed by atoms with E-state index in [4.69, 9.17) is 4.74 Å². The third kappa shape index (κ3) is 6.85. The lowest BCUT2D eigenvalue weighted by molar-refractivity contribution is -0.140. The molecule has 3 aromatic rings. The minimum atomic E-state index is -2.50. The number of hydrogen-bond acceptors (Lipinski definition) is 4. The van der Waals surface area contributed by atoms with E-state index in [-0.39, 0.29) is 17.8 Å². The van der Waals surface area contributed by atoms with Gasteiger partial charge in [0.2, 0.25) is 5.91 Å². The molecule has 0 aliphatic rings. The summed E-state index contributed by atoms with van der Waals surface area (Å²) in [5.74, 6) is -22.5. The first-order chi connectivity index (χ1) is 20.6. The molecule has 2 amide bonds. The number of esters is 1. The van der Waals surface area contributed by atoms with Crippen molar-refractivity contribution in [1.82, 2.24) is 0 Å². The molecular weight excluding hydrogens is 604 g/mol. The van der Waals surface area contributed by atoms with Crippen LogP contribution in [0.4, 0.5) is 46.5 Å². The topological polar surface area (TPSA) is 84.5 Å². The minimum Gasteiger partial charge on any atom is -0.457 e. The molecule has 0 bridgehead atoms. The largest absolute Gasteiger partial charge is 0.457 e. The zero-order valence-corrected chi connectivity index (χ0v) is 22.7. The van der Waals surface area contributed by atoms with Crippen LogP contribution in [-0.4, -0.2) is 17.8 Å². The molecule has 0 aliphatic heterocycles. The van der Waals surface area contributed by atoms with Gasteiger partial charge in [0.25, 0.3) is 5.91 Å². The van der Waals surface area contributed by atoms with Crippen molar-refractivity contribution in [2.75, 3.05) is 10.6 Å². The van der Waals surface area contributed by atoms with Crippen molar-refractivity contribution in [3.05, 3.63) is 112 Å². The monoisotopic (exact) mass is 624 g/mol. The van der Waals surface area contributed by atoms with Crippen LogP contribution >= 0.6 is 0 Å². The van der Waals surface area contributed by atoms with Gasteiger partial charge >= 0.3 is 5.97 Å². The van der Waals surface area contributed by atoms with Gasteiger partial charge in [-0.05, 0) is 31.1 Å². The molecule has 3 aromatic carbocycles. The Kier molecular flexibility index (Phi) is 10.1. The first kappa shape index (κ1) is 33.2. The fourth-order valence-electron chi connectivity index (χ4n) is 3.48. The van der Waals surface area contributed by atoms with Crippen LogP contribution < -0.4 is 10.6 Å². The quantitative estimate of drug-likeness (QED) is 0.114. The second-order valence-electron chi connectivity index (χ2n) is 9.17. The number of carbonyl (C=O) groups is 3. The molecule has 0 unspecified atom stereocenters. The second kappa shape index (κ2) is 13.4. The Morgan fingerprint density at radius 2 is 1.11 bits per heavy atom. The van der Waals surface area contributed by atoms with Crippen LogP contribution in [0.1, 0.15) is 25.0 Å². The van der Waals surface area contributed by atoms with Gasteiger partial charge in [0.15, 0.2) is 46.5 Å². The number of carbonyl (C=O) groups excluding carboxylic acids is 3. The number of anilines is 2. The van der Waals surface area contributed by atoms with E-state index in [1.165, 1.54) is 36.5 Å². The maximum Gasteiger partial charge on any atom is 0.333 e. The number of amides is 2. The molecule has 230 valence electrons. The highest BCUT2D eigenvalue weighted by Crippen LogP contribution is 2.40. The standard InChI is InChI=1S/C30H20F8N2O4/c1-12(2)29(42)40-28-25(37)21(33)18(22(34)26(28)38)17-19(31)23(35)27(24(36)20(17)32)39-16(41)10-9-14-5-7-15(8-6-14)11-44-30(43)13(3)4/h5-10H,1,3,11H2,2,4H3,(H,39,41)(H,40,42)/b10-9+. The zero-order chi connectivity index (χ0) is 33.0. The third-order valence-corrected chi connectivity index (χ3v) is 5.78. The Balaban J connectivity index is 1.90. The molecule has 2 N–H and O–H groups in total. The number of nitrogens with one attached hydrogen (secondary N) is 2. The SMILES string of the molecule is C=C(C)C(=O)Nc1c(F)c(F)c(-c2c(F)c(F)c(NC(=O)/C=C/c3ccc(COC(=O)C(=C)C)cc3)c(F)c2F)c(F)c1F. The highest BCUT2D eigenvalue weighted by atomic mass is 19.2. The molecule has 0 aliphatic carbocycles. The van der Waals surface area contributed by atoms with E-state index >= 15 is 0 Å². The summed E-state index contributed by atoms with van der Waals surface area (Å²) in [5.41, 5.74) is -6.92. The predicted octanol–water partition coefficient (Wildman–Crippen LogP) is 7.25. The van der Waals surface area contributed by atoms with Crippen LogP contribution in [0.5, 0.6) is 0 Å². The van der Waals surface area contributed by atoms with Crippen molar-refractivity contribution in [2.24, 2.45) is 0 Å². The Morgan fingerprint density at radius 1 is 0.682 bits per heavy atom. The summed E-state index contributed by atoms with van der Waals surface area (Å²) in [4.78, 5) is 35.4. The molecule has 0 heterocycles.